The Morgan fingerprint density at radius 2 is 1.52 bits per heavy atom. The van der Waals surface area contributed by atoms with Gasteiger partial charge in [-0.3, -0.25) is 4.99 Å². The molecule has 0 spiro atoms. The standard InChI is InChI=1S/C20H23N/c1-16(17-8-4-2-5-9-17)21-20-14-12-19(13-15-20)18-10-6-3-7-11-18/h2,4-5,8-9,12-15,18H,3,6-7,10-11H2,1H3/b21-16+. The first-order valence-electron chi connectivity index (χ1n) is 8.03. The third kappa shape index (κ3) is 3.60. The molecule has 0 aliphatic heterocycles. The van der Waals surface area contributed by atoms with Crippen molar-refractivity contribution >= 4 is 11.4 Å². The van der Waals surface area contributed by atoms with Gasteiger partial charge in [0.2, 0.25) is 0 Å². The Bertz CT molecular complexity index is 589. The van der Waals surface area contributed by atoms with Crippen LogP contribution in [0.4, 0.5) is 5.69 Å². The van der Waals surface area contributed by atoms with Gasteiger partial charge in [-0.25, -0.2) is 0 Å². The largest absolute Gasteiger partial charge is 0.253 e. The summed E-state index contributed by atoms with van der Waals surface area (Å²) in [5.74, 6) is 0.770. The molecule has 1 aliphatic rings. The molecule has 108 valence electrons. The van der Waals surface area contributed by atoms with E-state index in [0.717, 1.165) is 17.3 Å². The van der Waals surface area contributed by atoms with E-state index >= 15 is 0 Å². The minimum Gasteiger partial charge on any atom is -0.253 e. The van der Waals surface area contributed by atoms with Crippen LogP contribution in [0.2, 0.25) is 0 Å². The Hall–Kier alpha value is -1.89. The molecule has 0 amide bonds. The highest BCUT2D eigenvalue weighted by Gasteiger charge is 2.14. The lowest BCUT2D eigenvalue weighted by Crippen LogP contribution is -2.03. The summed E-state index contributed by atoms with van der Waals surface area (Å²) < 4.78 is 0. The van der Waals surface area contributed by atoms with Crippen molar-refractivity contribution in [2.75, 3.05) is 0 Å². The minimum absolute atomic E-state index is 0.770. The lowest BCUT2D eigenvalue weighted by Gasteiger charge is -2.21. The third-order valence-corrected chi connectivity index (χ3v) is 4.46. The Morgan fingerprint density at radius 3 is 2.19 bits per heavy atom. The van der Waals surface area contributed by atoms with Crippen LogP contribution in [0.5, 0.6) is 0 Å². The van der Waals surface area contributed by atoms with Crippen molar-refractivity contribution in [3.63, 3.8) is 0 Å². The van der Waals surface area contributed by atoms with Gasteiger partial charge in [-0.05, 0) is 48.9 Å². The van der Waals surface area contributed by atoms with E-state index in [-0.39, 0.29) is 0 Å². The quantitative estimate of drug-likeness (QED) is 0.622. The van der Waals surface area contributed by atoms with E-state index in [1.165, 1.54) is 43.2 Å². The Kier molecular flexibility index (Phi) is 4.49. The fourth-order valence-electron chi connectivity index (χ4n) is 3.19. The van der Waals surface area contributed by atoms with Crippen molar-refractivity contribution in [3.05, 3.63) is 65.7 Å². The second-order valence-electron chi connectivity index (χ2n) is 5.99. The Balaban J connectivity index is 1.75. The van der Waals surface area contributed by atoms with Crippen molar-refractivity contribution in [2.45, 2.75) is 44.9 Å². The highest BCUT2D eigenvalue weighted by atomic mass is 14.7. The van der Waals surface area contributed by atoms with Gasteiger partial charge < -0.3 is 0 Å². The van der Waals surface area contributed by atoms with Gasteiger partial charge in [0.05, 0.1) is 5.69 Å². The third-order valence-electron chi connectivity index (χ3n) is 4.46. The number of hydrogen-bond acceptors (Lipinski definition) is 1. The van der Waals surface area contributed by atoms with Crippen molar-refractivity contribution in [1.29, 1.82) is 0 Å². The van der Waals surface area contributed by atoms with Gasteiger partial charge in [0.25, 0.3) is 0 Å². The summed E-state index contributed by atoms with van der Waals surface area (Å²) in [7, 11) is 0. The van der Waals surface area contributed by atoms with E-state index in [1.54, 1.807) is 0 Å². The van der Waals surface area contributed by atoms with E-state index in [1.807, 2.05) is 6.07 Å². The topological polar surface area (TPSA) is 12.4 Å². The summed E-state index contributed by atoms with van der Waals surface area (Å²) in [5.41, 5.74) is 4.80. The van der Waals surface area contributed by atoms with Crippen LogP contribution in [0.1, 0.15) is 56.1 Å². The van der Waals surface area contributed by atoms with E-state index in [9.17, 15) is 0 Å². The van der Waals surface area contributed by atoms with E-state index < -0.39 is 0 Å². The molecule has 1 heteroatoms. The monoisotopic (exact) mass is 277 g/mol. The fourth-order valence-corrected chi connectivity index (χ4v) is 3.19. The molecule has 1 nitrogen and oxygen atoms in total. The van der Waals surface area contributed by atoms with Crippen LogP contribution in [-0.2, 0) is 0 Å². The lowest BCUT2D eigenvalue weighted by atomic mass is 9.84. The summed E-state index contributed by atoms with van der Waals surface area (Å²) in [4.78, 5) is 4.73. The van der Waals surface area contributed by atoms with Crippen LogP contribution >= 0.6 is 0 Å². The molecule has 2 aromatic rings. The predicted molar refractivity (Wildman–Crippen MR) is 90.6 cm³/mol. The van der Waals surface area contributed by atoms with Gasteiger partial charge in [-0.2, -0.15) is 0 Å². The average molecular weight is 277 g/mol. The molecule has 0 heterocycles. The molecule has 1 saturated carbocycles. The smallest absolute Gasteiger partial charge is 0.0633 e. The zero-order valence-electron chi connectivity index (χ0n) is 12.8. The molecule has 0 N–H and O–H groups in total. The molecule has 0 saturated heterocycles. The number of hydrogen-bond donors (Lipinski definition) is 0. The van der Waals surface area contributed by atoms with Gasteiger partial charge in [-0.15, -0.1) is 0 Å². The molecule has 3 rings (SSSR count). The molecule has 0 bridgehead atoms. The zero-order valence-corrected chi connectivity index (χ0v) is 12.8. The van der Waals surface area contributed by atoms with Crippen LogP contribution in [0.3, 0.4) is 0 Å². The number of nitrogens with zero attached hydrogens (tertiary/aromatic N) is 1. The molecule has 0 unspecified atom stereocenters. The number of aliphatic imine (C=N–C) groups is 1. The lowest BCUT2D eigenvalue weighted by molar-refractivity contribution is 0.443. The molecular weight excluding hydrogens is 254 g/mol. The Morgan fingerprint density at radius 1 is 0.857 bits per heavy atom. The maximum absolute atomic E-state index is 4.73. The van der Waals surface area contributed by atoms with E-state index in [0.29, 0.717) is 0 Å². The second-order valence-corrected chi connectivity index (χ2v) is 5.99. The number of rotatable bonds is 3. The second kappa shape index (κ2) is 6.71. The SMILES string of the molecule is C/C(=N\c1ccc(C2CCCCC2)cc1)c1ccccc1. The molecule has 1 fully saturated rings. The molecule has 0 radical (unpaired) electrons. The normalized spacial score (nSPS) is 16.9. The molecular formula is C20H23N. The van der Waals surface area contributed by atoms with Crippen LogP contribution in [0.15, 0.2) is 59.6 Å². The van der Waals surface area contributed by atoms with Gasteiger partial charge in [0.1, 0.15) is 0 Å². The summed E-state index contributed by atoms with van der Waals surface area (Å²) in [6.45, 7) is 2.07. The van der Waals surface area contributed by atoms with Gasteiger partial charge in [-0.1, -0.05) is 61.7 Å². The van der Waals surface area contributed by atoms with Gasteiger partial charge in [0.15, 0.2) is 0 Å². The average Bonchev–Trinajstić information content (AvgIpc) is 2.57. The first-order valence-corrected chi connectivity index (χ1v) is 8.03. The molecule has 1 aliphatic carbocycles. The van der Waals surface area contributed by atoms with Crippen molar-refractivity contribution < 1.29 is 0 Å². The van der Waals surface area contributed by atoms with Gasteiger partial charge >= 0.3 is 0 Å². The van der Waals surface area contributed by atoms with E-state index in [2.05, 4.69) is 55.5 Å². The van der Waals surface area contributed by atoms with Gasteiger partial charge in [0, 0.05) is 5.71 Å². The highest BCUT2D eigenvalue weighted by Crippen LogP contribution is 2.33. The van der Waals surface area contributed by atoms with Crippen LogP contribution in [0, 0.1) is 0 Å². The summed E-state index contributed by atoms with van der Waals surface area (Å²) in [5, 5.41) is 0. The van der Waals surface area contributed by atoms with Crippen molar-refractivity contribution in [1.82, 2.24) is 0 Å². The first-order chi connectivity index (χ1) is 10.3. The molecule has 2 aromatic carbocycles. The van der Waals surface area contributed by atoms with Crippen LogP contribution in [-0.4, -0.2) is 5.71 Å². The first kappa shape index (κ1) is 14.1. The van der Waals surface area contributed by atoms with Crippen LogP contribution < -0.4 is 0 Å². The van der Waals surface area contributed by atoms with Crippen molar-refractivity contribution in [2.24, 2.45) is 4.99 Å². The summed E-state index contributed by atoms with van der Waals surface area (Å²) in [6.07, 6.45) is 6.89. The maximum Gasteiger partial charge on any atom is 0.0633 e. The van der Waals surface area contributed by atoms with E-state index in [4.69, 9.17) is 4.99 Å². The Labute approximate surface area is 127 Å². The van der Waals surface area contributed by atoms with Crippen molar-refractivity contribution in [3.8, 4) is 0 Å². The predicted octanol–water partition coefficient (Wildman–Crippen LogP) is 5.88. The maximum atomic E-state index is 4.73. The molecule has 0 aromatic heterocycles. The highest BCUT2D eigenvalue weighted by molar-refractivity contribution is 6.00. The fraction of sp³-hybridized carbons (Fsp3) is 0.350. The molecule has 21 heavy (non-hydrogen) atoms. The number of benzene rings is 2. The summed E-state index contributed by atoms with van der Waals surface area (Å²) >= 11 is 0. The molecule has 0 atom stereocenters. The van der Waals surface area contributed by atoms with Crippen LogP contribution in [0.25, 0.3) is 0 Å². The minimum atomic E-state index is 0.770. The summed E-state index contributed by atoms with van der Waals surface area (Å²) in [6, 6.07) is 19.2. The zero-order chi connectivity index (χ0) is 14.5.